The van der Waals surface area contributed by atoms with Crippen LogP contribution >= 0.6 is 23.2 Å². The average Bonchev–Trinajstić information content (AvgIpc) is 2.81. The van der Waals surface area contributed by atoms with E-state index < -0.39 is 0 Å². The summed E-state index contributed by atoms with van der Waals surface area (Å²) in [5.41, 5.74) is 3.20. The molecule has 0 bridgehead atoms. The predicted molar refractivity (Wildman–Crippen MR) is 89.7 cm³/mol. The Bertz CT molecular complexity index is 945. The second-order valence-electron chi connectivity index (χ2n) is 5.18. The molecule has 7 heteroatoms. The Morgan fingerprint density at radius 2 is 1.96 bits per heavy atom. The first-order valence-corrected chi connectivity index (χ1v) is 7.77. The minimum absolute atomic E-state index is 0.410. The zero-order valence-corrected chi connectivity index (χ0v) is 13.7. The number of nitrogens with zero attached hydrogens (tertiary/aromatic N) is 5. The molecule has 0 saturated carbocycles. The number of fused-ring (bicyclic) bond motifs is 3. The highest BCUT2D eigenvalue weighted by Crippen LogP contribution is 2.26. The van der Waals surface area contributed by atoms with E-state index in [1.54, 1.807) is 6.07 Å². The fourth-order valence-corrected chi connectivity index (χ4v) is 3.03. The Morgan fingerprint density at radius 1 is 1.09 bits per heavy atom. The van der Waals surface area contributed by atoms with Gasteiger partial charge in [-0.15, -0.1) is 10.2 Å². The van der Waals surface area contributed by atoms with Gasteiger partial charge in [0, 0.05) is 10.6 Å². The fraction of sp³-hybridized carbons (Fsp3) is 0.125. The molecule has 1 aliphatic rings. The smallest absolute Gasteiger partial charge is 0.159 e. The summed E-state index contributed by atoms with van der Waals surface area (Å²) in [6.07, 6.45) is 0. The number of hydrogen-bond donors (Lipinski definition) is 0. The molecule has 0 atom stereocenters. The van der Waals surface area contributed by atoms with E-state index in [4.69, 9.17) is 23.2 Å². The van der Waals surface area contributed by atoms with Crippen molar-refractivity contribution >= 4 is 28.9 Å². The molecule has 5 nitrogen and oxygen atoms in total. The molecule has 0 spiro atoms. The van der Waals surface area contributed by atoms with Crippen molar-refractivity contribution in [2.75, 3.05) is 0 Å². The van der Waals surface area contributed by atoms with E-state index in [-0.39, 0.29) is 0 Å². The molecule has 0 amide bonds. The van der Waals surface area contributed by atoms with Gasteiger partial charge >= 0.3 is 0 Å². The summed E-state index contributed by atoms with van der Waals surface area (Å²) >= 11 is 12.2. The Hall–Kier alpha value is -2.24. The van der Waals surface area contributed by atoms with Gasteiger partial charge < -0.3 is 0 Å². The van der Waals surface area contributed by atoms with Crippen LogP contribution in [0.1, 0.15) is 22.9 Å². The van der Waals surface area contributed by atoms with Crippen molar-refractivity contribution in [1.82, 2.24) is 19.7 Å². The molecule has 3 aromatic rings. The number of pyridine rings is 1. The van der Waals surface area contributed by atoms with Crippen molar-refractivity contribution in [2.45, 2.75) is 13.5 Å². The quantitative estimate of drug-likeness (QED) is 0.634. The first-order chi connectivity index (χ1) is 11.1. The van der Waals surface area contributed by atoms with Gasteiger partial charge in [-0.1, -0.05) is 35.3 Å². The van der Waals surface area contributed by atoms with E-state index in [1.165, 1.54) is 0 Å². The maximum Gasteiger partial charge on any atom is 0.159 e. The van der Waals surface area contributed by atoms with Crippen LogP contribution in [-0.4, -0.2) is 25.5 Å². The molecule has 0 saturated heterocycles. The predicted octanol–water partition coefficient (Wildman–Crippen LogP) is 3.63. The third-order valence-electron chi connectivity index (χ3n) is 3.67. The van der Waals surface area contributed by atoms with Gasteiger partial charge in [-0.2, -0.15) is 0 Å². The molecule has 0 unspecified atom stereocenters. The lowest BCUT2D eigenvalue weighted by Gasteiger charge is -2.12. The molecule has 1 aliphatic heterocycles. The normalized spacial score (nSPS) is 13.1. The summed E-state index contributed by atoms with van der Waals surface area (Å²) in [6, 6.07) is 11.2. The number of aromatic nitrogens is 4. The van der Waals surface area contributed by atoms with Crippen molar-refractivity contribution in [2.24, 2.45) is 4.99 Å². The second kappa shape index (κ2) is 5.44. The molecule has 0 N–H and O–H groups in total. The standard InChI is InChI=1S/C16H11Cl2N5/c1-9-21-22-14-8-19-15(10-3-2-4-11(17)7-10)16-12(23(9)14)5-6-13(18)20-16/h2-7H,8H2,1H3. The van der Waals surface area contributed by atoms with E-state index in [2.05, 4.69) is 20.2 Å². The highest BCUT2D eigenvalue weighted by molar-refractivity contribution is 6.31. The fourth-order valence-electron chi connectivity index (χ4n) is 2.69. The maximum atomic E-state index is 6.13. The highest BCUT2D eigenvalue weighted by Gasteiger charge is 2.23. The Morgan fingerprint density at radius 3 is 2.78 bits per heavy atom. The zero-order chi connectivity index (χ0) is 16.0. The van der Waals surface area contributed by atoms with E-state index in [0.717, 1.165) is 28.6 Å². The molecule has 0 radical (unpaired) electrons. The summed E-state index contributed by atoms with van der Waals surface area (Å²) in [5.74, 6) is 1.55. The van der Waals surface area contributed by atoms with E-state index in [1.807, 2.05) is 41.8 Å². The van der Waals surface area contributed by atoms with Gasteiger partial charge in [-0.05, 0) is 31.2 Å². The minimum atomic E-state index is 0.410. The van der Waals surface area contributed by atoms with Crippen LogP contribution in [0.5, 0.6) is 0 Å². The van der Waals surface area contributed by atoms with Crippen LogP contribution in [0.4, 0.5) is 0 Å². The van der Waals surface area contributed by atoms with Gasteiger partial charge in [0.2, 0.25) is 0 Å². The molecule has 114 valence electrons. The molecule has 2 aromatic heterocycles. The Labute approximate surface area is 142 Å². The van der Waals surface area contributed by atoms with Gasteiger partial charge in [-0.3, -0.25) is 9.56 Å². The number of aryl methyl sites for hydroxylation is 1. The molecule has 23 heavy (non-hydrogen) atoms. The SMILES string of the molecule is Cc1nnc2n1-c1ccc(Cl)nc1C(c1cccc(Cl)c1)=NC2. The topological polar surface area (TPSA) is 56.0 Å². The molecule has 0 aliphatic carbocycles. The summed E-state index contributed by atoms with van der Waals surface area (Å²) < 4.78 is 1.96. The first-order valence-electron chi connectivity index (χ1n) is 7.02. The van der Waals surface area contributed by atoms with E-state index >= 15 is 0 Å². The van der Waals surface area contributed by atoms with Gasteiger partial charge in [-0.25, -0.2) is 4.98 Å². The third kappa shape index (κ3) is 2.42. The molecule has 3 heterocycles. The second-order valence-corrected chi connectivity index (χ2v) is 6.00. The lowest BCUT2D eigenvalue weighted by atomic mass is 10.1. The van der Waals surface area contributed by atoms with Crippen LogP contribution in [0, 0.1) is 6.92 Å². The summed E-state index contributed by atoms with van der Waals surface area (Å²) in [7, 11) is 0. The number of hydrogen-bond acceptors (Lipinski definition) is 4. The van der Waals surface area contributed by atoms with Crippen molar-refractivity contribution in [1.29, 1.82) is 0 Å². The van der Waals surface area contributed by atoms with Crippen molar-refractivity contribution < 1.29 is 0 Å². The monoisotopic (exact) mass is 343 g/mol. The maximum absolute atomic E-state index is 6.13. The third-order valence-corrected chi connectivity index (χ3v) is 4.12. The van der Waals surface area contributed by atoms with Crippen LogP contribution in [0.3, 0.4) is 0 Å². The molecular formula is C16H11Cl2N5. The number of halogens is 2. The van der Waals surface area contributed by atoms with E-state index in [0.29, 0.717) is 22.4 Å². The largest absolute Gasteiger partial charge is 0.279 e. The Balaban J connectivity index is 2.00. The molecule has 0 fully saturated rings. The van der Waals surface area contributed by atoms with Crippen molar-refractivity contribution in [3.8, 4) is 5.69 Å². The van der Waals surface area contributed by atoms with Gasteiger partial charge in [0.05, 0.1) is 11.4 Å². The van der Waals surface area contributed by atoms with Crippen molar-refractivity contribution in [3.63, 3.8) is 0 Å². The lowest BCUT2D eigenvalue weighted by Crippen LogP contribution is -2.10. The molecular weight excluding hydrogens is 333 g/mol. The van der Waals surface area contributed by atoms with Gasteiger partial charge in [0.1, 0.15) is 23.2 Å². The van der Waals surface area contributed by atoms with Crippen LogP contribution in [0.25, 0.3) is 5.69 Å². The van der Waals surface area contributed by atoms with Gasteiger partial charge in [0.15, 0.2) is 5.82 Å². The van der Waals surface area contributed by atoms with Gasteiger partial charge in [0.25, 0.3) is 0 Å². The summed E-state index contributed by atoms with van der Waals surface area (Å²) in [6.45, 7) is 2.32. The molecule has 1 aromatic carbocycles. The van der Waals surface area contributed by atoms with Crippen LogP contribution in [0.15, 0.2) is 41.4 Å². The van der Waals surface area contributed by atoms with E-state index in [9.17, 15) is 0 Å². The summed E-state index contributed by atoms with van der Waals surface area (Å²) in [4.78, 5) is 9.18. The van der Waals surface area contributed by atoms with Crippen LogP contribution in [-0.2, 0) is 6.54 Å². The van der Waals surface area contributed by atoms with Crippen molar-refractivity contribution in [3.05, 3.63) is 69.5 Å². The van der Waals surface area contributed by atoms with Crippen LogP contribution in [0.2, 0.25) is 10.2 Å². The van der Waals surface area contributed by atoms with Crippen LogP contribution < -0.4 is 0 Å². The Kier molecular flexibility index (Phi) is 3.39. The lowest BCUT2D eigenvalue weighted by molar-refractivity contribution is 0.860. The number of aliphatic imine (C=N–C) groups is 1. The minimum Gasteiger partial charge on any atom is -0.279 e. The number of benzene rings is 1. The zero-order valence-electron chi connectivity index (χ0n) is 12.2. The average molecular weight is 344 g/mol. The number of rotatable bonds is 1. The highest BCUT2D eigenvalue weighted by atomic mass is 35.5. The summed E-state index contributed by atoms with van der Waals surface area (Å²) in [5, 5.41) is 9.39. The molecule has 4 rings (SSSR count). The first kappa shape index (κ1) is 14.4.